The topological polar surface area (TPSA) is 0 Å². The molecule has 0 fully saturated rings. The summed E-state index contributed by atoms with van der Waals surface area (Å²) < 4.78 is 26.8. The molecule has 0 atom stereocenters. The van der Waals surface area contributed by atoms with E-state index in [9.17, 15) is 8.78 Å². The van der Waals surface area contributed by atoms with E-state index >= 15 is 0 Å². The lowest BCUT2D eigenvalue weighted by Crippen LogP contribution is -1.86. The van der Waals surface area contributed by atoms with Crippen LogP contribution in [0.25, 0.3) is 11.1 Å². The summed E-state index contributed by atoms with van der Waals surface area (Å²) in [7, 11) is 0. The molecule has 0 heterocycles. The quantitative estimate of drug-likeness (QED) is 0.727. The fraction of sp³-hybridized carbons (Fsp3) is 0. The van der Waals surface area contributed by atoms with E-state index in [2.05, 4.69) is 22.0 Å². The highest BCUT2D eigenvalue weighted by atomic mass is 79.9. The van der Waals surface area contributed by atoms with Crippen LogP contribution in [0.1, 0.15) is 0 Å². The molecule has 2 aromatic carbocycles. The zero-order chi connectivity index (χ0) is 10.8. The van der Waals surface area contributed by atoms with Crippen molar-refractivity contribution in [1.82, 2.24) is 0 Å². The van der Waals surface area contributed by atoms with E-state index in [0.29, 0.717) is 11.1 Å². The predicted octanol–water partition coefficient (Wildman–Crippen LogP) is 4.19. The number of benzene rings is 2. The molecule has 0 aliphatic carbocycles. The molecule has 1 radical (unpaired) electrons. The molecule has 0 nitrogen and oxygen atoms in total. The van der Waals surface area contributed by atoms with Crippen LogP contribution in [0.3, 0.4) is 0 Å². The minimum Gasteiger partial charge on any atom is -0.207 e. The average molecular weight is 268 g/mol. The third-order valence-electron chi connectivity index (χ3n) is 2.01. The molecular formula is C12H6BrF2. The van der Waals surface area contributed by atoms with Gasteiger partial charge < -0.3 is 0 Å². The van der Waals surface area contributed by atoms with E-state index in [-0.39, 0.29) is 0 Å². The number of rotatable bonds is 1. The third-order valence-corrected chi connectivity index (χ3v) is 2.47. The first-order valence-electron chi connectivity index (χ1n) is 4.29. The lowest BCUT2D eigenvalue weighted by atomic mass is 10.1. The van der Waals surface area contributed by atoms with E-state index in [0.717, 1.165) is 10.5 Å². The smallest absolute Gasteiger partial charge is 0.133 e. The predicted molar refractivity (Wildman–Crippen MR) is 58.3 cm³/mol. The molecule has 0 aliphatic heterocycles. The largest absolute Gasteiger partial charge is 0.207 e. The first-order chi connectivity index (χ1) is 7.16. The summed E-state index contributed by atoms with van der Waals surface area (Å²) in [5.74, 6) is -1.13. The zero-order valence-corrected chi connectivity index (χ0v) is 9.18. The molecule has 2 aromatic rings. The first-order valence-corrected chi connectivity index (χ1v) is 5.09. The van der Waals surface area contributed by atoms with E-state index in [4.69, 9.17) is 0 Å². The second kappa shape index (κ2) is 4.11. The van der Waals surface area contributed by atoms with Crippen molar-refractivity contribution >= 4 is 15.9 Å². The summed E-state index contributed by atoms with van der Waals surface area (Å²) in [5, 5.41) is 0. The van der Waals surface area contributed by atoms with Crippen molar-refractivity contribution in [3.05, 3.63) is 58.6 Å². The van der Waals surface area contributed by atoms with Gasteiger partial charge in [0, 0.05) is 16.1 Å². The van der Waals surface area contributed by atoms with Crippen molar-refractivity contribution in [2.24, 2.45) is 0 Å². The highest BCUT2D eigenvalue weighted by molar-refractivity contribution is 9.10. The average Bonchev–Trinajstić information content (AvgIpc) is 2.17. The first kappa shape index (κ1) is 10.3. The number of halogens is 3. The molecule has 75 valence electrons. The van der Waals surface area contributed by atoms with Crippen molar-refractivity contribution in [3.63, 3.8) is 0 Å². The van der Waals surface area contributed by atoms with Gasteiger partial charge in [-0.3, -0.25) is 0 Å². The molecule has 0 amide bonds. The summed E-state index contributed by atoms with van der Waals surface area (Å²) in [5.41, 5.74) is 1.07. The molecule has 0 bridgehead atoms. The minimum absolute atomic E-state index is 0.381. The summed E-state index contributed by atoms with van der Waals surface area (Å²) in [6.45, 7) is 0. The van der Waals surface area contributed by atoms with Gasteiger partial charge in [-0.1, -0.05) is 28.1 Å². The maximum absolute atomic E-state index is 13.4. The van der Waals surface area contributed by atoms with Crippen LogP contribution in [-0.2, 0) is 0 Å². The number of hydrogen-bond donors (Lipinski definition) is 0. The van der Waals surface area contributed by atoms with Crippen molar-refractivity contribution < 1.29 is 8.78 Å². The molecule has 0 saturated heterocycles. The molecule has 0 aliphatic rings. The molecular weight excluding hydrogens is 262 g/mol. The van der Waals surface area contributed by atoms with E-state index in [1.54, 1.807) is 18.2 Å². The SMILES string of the molecule is Fc1ccc(-c2cc[c]c(Br)c2)c(F)c1. The Morgan fingerprint density at radius 3 is 2.53 bits per heavy atom. The van der Waals surface area contributed by atoms with Crippen molar-refractivity contribution in [3.8, 4) is 11.1 Å². The van der Waals surface area contributed by atoms with Crippen LogP contribution in [0, 0.1) is 17.7 Å². The molecule has 0 spiro atoms. The summed E-state index contributed by atoms with van der Waals surface area (Å²) in [6.07, 6.45) is 0. The molecule has 3 heteroatoms. The van der Waals surface area contributed by atoms with Crippen LogP contribution >= 0.6 is 15.9 Å². The van der Waals surface area contributed by atoms with Crippen LogP contribution in [0.5, 0.6) is 0 Å². The fourth-order valence-corrected chi connectivity index (χ4v) is 1.71. The Hall–Kier alpha value is -1.22. The van der Waals surface area contributed by atoms with Crippen molar-refractivity contribution in [2.45, 2.75) is 0 Å². The second-order valence-electron chi connectivity index (χ2n) is 3.05. The van der Waals surface area contributed by atoms with E-state index in [1.807, 2.05) is 0 Å². The summed E-state index contributed by atoms with van der Waals surface area (Å²) in [6, 6.07) is 11.6. The van der Waals surface area contributed by atoms with Crippen LogP contribution in [-0.4, -0.2) is 0 Å². The maximum Gasteiger partial charge on any atom is 0.133 e. The fourth-order valence-electron chi connectivity index (χ4n) is 1.33. The van der Waals surface area contributed by atoms with Crippen LogP contribution < -0.4 is 0 Å². The maximum atomic E-state index is 13.4. The monoisotopic (exact) mass is 267 g/mol. The zero-order valence-electron chi connectivity index (χ0n) is 7.60. The van der Waals surface area contributed by atoms with Gasteiger partial charge in [0.15, 0.2) is 0 Å². The van der Waals surface area contributed by atoms with Crippen LogP contribution in [0.2, 0.25) is 0 Å². The molecule has 15 heavy (non-hydrogen) atoms. The summed E-state index contributed by atoms with van der Waals surface area (Å²) >= 11 is 3.25. The molecule has 0 N–H and O–H groups in total. The highest BCUT2D eigenvalue weighted by Gasteiger charge is 2.06. The van der Waals surface area contributed by atoms with Crippen LogP contribution in [0.15, 0.2) is 40.9 Å². The molecule has 2 rings (SSSR count). The van der Waals surface area contributed by atoms with Gasteiger partial charge in [-0.2, -0.15) is 0 Å². The van der Waals surface area contributed by atoms with Gasteiger partial charge >= 0.3 is 0 Å². The Morgan fingerprint density at radius 1 is 1.07 bits per heavy atom. The lowest BCUT2D eigenvalue weighted by molar-refractivity contribution is 0.585. The summed E-state index contributed by atoms with van der Waals surface area (Å²) in [4.78, 5) is 0. The third kappa shape index (κ3) is 2.23. The number of hydrogen-bond acceptors (Lipinski definition) is 0. The van der Waals surface area contributed by atoms with Gasteiger partial charge in [-0.15, -0.1) is 0 Å². The Balaban J connectivity index is 2.54. The Morgan fingerprint density at radius 2 is 1.87 bits per heavy atom. The van der Waals surface area contributed by atoms with Gasteiger partial charge in [-0.25, -0.2) is 8.78 Å². The van der Waals surface area contributed by atoms with Crippen molar-refractivity contribution in [1.29, 1.82) is 0 Å². The second-order valence-corrected chi connectivity index (χ2v) is 3.90. The van der Waals surface area contributed by atoms with Gasteiger partial charge in [0.1, 0.15) is 11.6 Å². The molecule has 0 aromatic heterocycles. The Labute approximate surface area is 94.7 Å². The van der Waals surface area contributed by atoms with E-state index in [1.165, 1.54) is 12.1 Å². The minimum atomic E-state index is -0.571. The Kier molecular flexibility index (Phi) is 2.82. The standard InChI is InChI=1S/C12H6BrF2/c13-9-3-1-2-8(6-9)11-5-4-10(14)7-12(11)15/h1-2,4-7H. The van der Waals surface area contributed by atoms with Crippen molar-refractivity contribution in [2.75, 3.05) is 0 Å². The lowest BCUT2D eigenvalue weighted by Gasteiger charge is -2.03. The van der Waals surface area contributed by atoms with Gasteiger partial charge in [0.2, 0.25) is 0 Å². The van der Waals surface area contributed by atoms with Crippen LogP contribution in [0.4, 0.5) is 8.78 Å². The highest BCUT2D eigenvalue weighted by Crippen LogP contribution is 2.25. The normalized spacial score (nSPS) is 10.3. The van der Waals surface area contributed by atoms with Gasteiger partial charge in [-0.05, 0) is 29.8 Å². The van der Waals surface area contributed by atoms with Gasteiger partial charge in [0.05, 0.1) is 0 Å². The van der Waals surface area contributed by atoms with E-state index < -0.39 is 11.6 Å². The van der Waals surface area contributed by atoms with Gasteiger partial charge in [0.25, 0.3) is 0 Å². The molecule has 0 saturated carbocycles. The molecule has 0 unspecified atom stereocenters. The Bertz CT molecular complexity index is 495.